The molecule has 388 valence electrons. The number of ether oxygens (including phenoxy) is 2. The number of anilines is 7. The Morgan fingerprint density at radius 3 is 2.33 bits per heavy atom. The summed E-state index contributed by atoms with van der Waals surface area (Å²) < 4.78 is 27.0. The number of piperidine rings is 1. The van der Waals surface area contributed by atoms with Gasteiger partial charge in [0.05, 0.1) is 47.4 Å². The first-order valence-electron chi connectivity index (χ1n) is 25.3. The van der Waals surface area contributed by atoms with Crippen LogP contribution in [0.2, 0.25) is 0 Å². The molecule has 0 radical (unpaired) electrons. The average Bonchev–Trinajstić information content (AvgIpc) is 3.61. The second-order valence-corrected chi connectivity index (χ2v) is 20.7. The van der Waals surface area contributed by atoms with E-state index < -0.39 is 47.2 Å². The molecule has 75 heavy (non-hydrogen) atoms. The van der Waals surface area contributed by atoms with Crippen molar-refractivity contribution in [3.63, 3.8) is 0 Å². The van der Waals surface area contributed by atoms with Gasteiger partial charge in [0.15, 0.2) is 0 Å². The van der Waals surface area contributed by atoms with E-state index in [1.165, 1.54) is 6.07 Å². The van der Waals surface area contributed by atoms with Crippen LogP contribution in [0.4, 0.5) is 49.3 Å². The fraction of sp³-hybridized carbons (Fsp3) is 0.389. The zero-order valence-corrected chi connectivity index (χ0v) is 42.2. The molecule has 6 aliphatic heterocycles. The summed E-state index contributed by atoms with van der Waals surface area (Å²) in [5, 5.41) is 8.23. The quantitative estimate of drug-likeness (QED) is 0.150. The van der Waals surface area contributed by atoms with Crippen LogP contribution in [-0.2, 0) is 38.5 Å². The molecule has 1 unspecified atom stereocenters. The summed E-state index contributed by atoms with van der Waals surface area (Å²) in [6, 6.07) is 16.7. The molecule has 5 aromatic rings. The van der Waals surface area contributed by atoms with E-state index in [9.17, 15) is 28.8 Å². The first-order valence-corrected chi connectivity index (χ1v) is 25.3. The number of piperazine rings is 1. The molecular formula is C54H57FN12O8. The van der Waals surface area contributed by atoms with Crippen LogP contribution >= 0.6 is 0 Å². The first kappa shape index (κ1) is 49.0. The minimum absolute atomic E-state index is 0.0482. The zero-order valence-electron chi connectivity index (χ0n) is 42.2. The molecule has 0 saturated carbocycles. The van der Waals surface area contributed by atoms with Crippen LogP contribution in [0.1, 0.15) is 76.7 Å². The van der Waals surface area contributed by atoms with Crippen LogP contribution in [0.5, 0.6) is 5.88 Å². The molecule has 21 heteroatoms. The predicted octanol–water partition coefficient (Wildman–Crippen LogP) is 5.35. The van der Waals surface area contributed by atoms with Crippen molar-refractivity contribution in [3.8, 4) is 5.88 Å². The van der Waals surface area contributed by atoms with Gasteiger partial charge in [0, 0.05) is 106 Å². The maximum atomic E-state index is 15.5. The Kier molecular flexibility index (Phi) is 12.8. The Hall–Kier alpha value is -8.20. The van der Waals surface area contributed by atoms with Gasteiger partial charge in [0.1, 0.15) is 29.8 Å². The number of benzene rings is 3. The van der Waals surface area contributed by atoms with E-state index in [0.717, 1.165) is 76.2 Å². The maximum absolute atomic E-state index is 15.5. The van der Waals surface area contributed by atoms with Crippen molar-refractivity contribution in [3.05, 3.63) is 112 Å². The minimum Gasteiger partial charge on any atom is -0.474 e. The highest BCUT2D eigenvalue weighted by atomic mass is 19.1. The second kappa shape index (κ2) is 19.6. The van der Waals surface area contributed by atoms with Gasteiger partial charge >= 0.3 is 6.09 Å². The highest BCUT2D eigenvalue weighted by Gasteiger charge is 2.45. The van der Waals surface area contributed by atoms with E-state index in [2.05, 4.69) is 45.5 Å². The Bertz CT molecular complexity index is 3150. The summed E-state index contributed by atoms with van der Waals surface area (Å²) in [6.45, 7) is 13.8. The van der Waals surface area contributed by atoms with E-state index in [1.807, 2.05) is 70.3 Å². The van der Waals surface area contributed by atoms with Gasteiger partial charge in [0.2, 0.25) is 29.5 Å². The molecule has 11 rings (SSSR count). The van der Waals surface area contributed by atoms with Gasteiger partial charge in [-0.3, -0.25) is 44.0 Å². The number of amides is 6. The smallest absolute Gasteiger partial charge is 0.415 e. The highest BCUT2D eigenvalue weighted by molar-refractivity contribution is 6.23. The number of aromatic nitrogens is 3. The molecule has 6 amide bonds. The number of imide groups is 2. The number of pyridine rings is 1. The highest BCUT2D eigenvalue weighted by Crippen LogP contribution is 2.40. The van der Waals surface area contributed by atoms with Gasteiger partial charge in [-0.1, -0.05) is 12.1 Å². The lowest BCUT2D eigenvalue weighted by Crippen LogP contribution is -2.63. The fourth-order valence-electron chi connectivity index (χ4n) is 10.6. The standard InChI is InChI=1S/C54H57FN12O8/c1-31-44(27-56-49-47(31)66(21-22-74-49)53(73)75-54(2,3)4)64-16-15-41-33(28-64)26-57-52(60-41)58-34-7-5-32(6-8-34)23-46(69)59-42-12-10-36(25-40(42)55)62-17-19-63(20-18-62)37-29-65(30-37)35-9-11-38-39(24-35)51(72)67(50(38)71)43-13-14-45(68)61-48(43)70/h5-12,24-27,37,43H,13-23,28-30H2,1-4H3,(H,59,69)(H,57,58,60)(H,61,68,70). The molecule has 3 fully saturated rings. The van der Waals surface area contributed by atoms with E-state index in [1.54, 1.807) is 29.3 Å². The first-order chi connectivity index (χ1) is 36.0. The summed E-state index contributed by atoms with van der Waals surface area (Å²) in [6.07, 6.45) is 4.06. The predicted molar refractivity (Wildman–Crippen MR) is 276 cm³/mol. The van der Waals surface area contributed by atoms with Gasteiger partial charge in [-0.15, -0.1) is 0 Å². The molecule has 6 aliphatic rings. The summed E-state index contributed by atoms with van der Waals surface area (Å²) in [5.41, 5.74) is 7.33. The lowest BCUT2D eigenvalue weighted by Gasteiger charge is -2.49. The molecule has 8 heterocycles. The van der Waals surface area contributed by atoms with Crippen molar-refractivity contribution in [2.45, 2.75) is 77.6 Å². The molecule has 1 atom stereocenters. The Morgan fingerprint density at radius 1 is 0.840 bits per heavy atom. The van der Waals surface area contributed by atoms with Crippen molar-refractivity contribution < 1.29 is 42.6 Å². The van der Waals surface area contributed by atoms with E-state index in [4.69, 9.17) is 14.5 Å². The number of halogens is 1. The van der Waals surface area contributed by atoms with Crippen molar-refractivity contribution in [2.75, 3.05) is 89.2 Å². The summed E-state index contributed by atoms with van der Waals surface area (Å²) in [4.78, 5) is 102. The monoisotopic (exact) mass is 1020 g/mol. The number of hydrogen-bond acceptors (Lipinski definition) is 16. The number of fused-ring (bicyclic) bond motifs is 3. The third-order valence-corrected chi connectivity index (χ3v) is 14.6. The third kappa shape index (κ3) is 9.86. The molecule has 0 spiro atoms. The lowest BCUT2D eigenvalue weighted by molar-refractivity contribution is -0.136. The molecule has 20 nitrogen and oxygen atoms in total. The van der Waals surface area contributed by atoms with Crippen LogP contribution in [0, 0.1) is 12.7 Å². The molecular weight excluding hydrogens is 964 g/mol. The van der Waals surface area contributed by atoms with Crippen LogP contribution in [0.3, 0.4) is 0 Å². The Balaban J connectivity index is 0.631. The van der Waals surface area contributed by atoms with E-state index in [-0.39, 0.29) is 48.0 Å². The van der Waals surface area contributed by atoms with Crippen molar-refractivity contribution in [1.82, 2.24) is 30.1 Å². The Labute approximate surface area is 432 Å². The van der Waals surface area contributed by atoms with Crippen LogP contribution < -0.4 is 40.3 Å². The molecule has 3 N–H and O–H groups in total. The molecule has 0 aliphatic carbocycles. The largest absolute Gasteiger partial charge is 0.474 e. The van der Waals surface area contributed by atoms with Crippen LogP contribution in [-0.4, -0.2) is 137 Å². The fourth-order valence-corrected chi connectivity index (χ4v) is 10.6. The van der Waals surface area contributed by atoms with Gasteiger partial charge in [-0.05, 0) is 88.2 Å². The molecule has 0 bridgehead atoms. The number of rotatable bonds is 10. The van der Waals surface area contributed by atoms with Gasteiger partial charge < -0.3 is 34.8 Å². The van der Waals surface area contributed by atoms with Gasteiger partial charge in [0.25, 0.3) is 11.8 Å². The molecule has 3 saturated heterocycles. The van der Waals surface area contributed by atoms with Crippen LogP contribution in [0.15, 0.2) is 73.1 Å². The van der Waals surface area contributed by atoms with Crippen molar-refractivity contribution in [2.24, 2.45) is 0 Å². The molecule has 3 aromatic carbocycles. The number of nitrogens with one attached hydrogen (secondary N) is 3. The van der Waals surface area contributed by atoms with Gasteiger partial charge in [-0.2, -0.15) is 0 Å². The summed E-state index contributed by atoms with van der Waals surface area (Å²) in [5.74, 6) is -2.10. The topological polar surface area (TPSA) is 215 Å². The third-order valence-electron chi connectivity index (χ3n) is 14.6. The SMILES string of the molecule is Cc1c(N2CCc3nc(Nc4ccc(CC(=O)Nc5ccc(N6CCN(C7CN(c8ccc9c(c8)C(=O)N(C8CCC(=O)NC8=O)C9=O)C7)CC6)cc5F)cc4)ncc3C2)cnc2c1N(C(=O)OC(C)(C)C)CCO2. The van der Waals surface area contributed by atoms with E-state index in [0.29, 0.717) is 63.3 Å². The zero-order chi connectivity index (χ0) is 52.3. The number of nitrogens with zero attached hydrogens (tertiary/aromatic N) is 9. The second-order valence-electron chi connectivity index (χ2n) is 20.7. The van der Waals surface area contributed by atoms with E-state index >= 15 is 4.39 Å². The normalized spacial score (nSPS) is 18.9. The number of hydrogen-bond donors (Lipinski definition) is 3. The Morgan fingerprint density at radius 2 is 1.59 bits per heavy atom. The van der Waals surface area contributed by atoms with Crippen molar-refractivity contribution in [1.29, 1.82) is 0 Å². The average molecular weight is 1020 g/mol. The number of carbonyl (C=O) groups is 6. The summed E-state index contributed by atoms with van der Waals surface area (Å²) >= 11 is 0. The summed E-state index contributed by atoms with van der Waals surface area (Å²) in [7, 11) is 0. The maximum Gasteiger partial charge on any atom is 0.415 e. The minimum atomic E-state index is -1.01. The van der Waals surface area contributed by atoms with Gasteiger partial charge in [-0.25, -0.2) is 24.1 Å². The van der Waals surface area contributed by atoms with Crippen LogP contribution in [0.25, 0.3) is 0 Å². The number of carbonyl (C=O) groups excluding carboxylic acids is 6. The lowest BCUT2D eigenvalue weighted by atomic mass is 10.0. The van der Waals surface area contributed by atoms with Crippen molar-refractivity contribution >= 4 is 75.7 Å². The molecule has 2 aromatic heterocycles.